The predicted octanol–water partition coefficient (Wildman–Crippen LogP) is 6.83. The van der Waals surface area contributed by atoms with Gasteiger partial charge in [-0.2, -0.15) is 0 Å². The van der Waals surface area contributed by atoms with E-state index in [9.17, 15) is 9.90 Å². The summed E-state index contributed by atoms with van der Waals surface area (Å²) in [6.45, 7) is 2.03. The molecule has 0 unspecified atom stereocenters. The monoisotopic (exact) mass is 569 g/mol. The molecule has 0 spiro atoms. The number of rotatable bonds is 10. The molecule has 0 saturated carbocycles. The van der Waals surface area contributed by atoms with Crippen LogP contribution in [0, 0.1) is 0 Å². The number of para-hydroxylation sites is 1. The van der Waals surface area contributed by atoms with Crippen molar-refractivity contribution in [2.24, 2.45) is 0 Å². The normalized spacial score (nSPS) is 18.6. The van der Waals surface area contributed by atoms with E-state index in [4.69, 9.17) is 14.2 Å². The van der Waals surface area contributed by atoms with E-state index in [0.717, 1.165) is 56.2 Å². The van der Waals surface area contributed by atoms with Crippen molar-refractivity contribution in [2.45, 2.75) is 49.9 Å². The number of carbonyl (C=O) groups excluding carboxylic acids is 1. The maximum Gasteiger partial charge on any atom is 0.217 e. The minimum atomic E-state index is -0.519. The van der Waals surface area contributed by atoms with Gasteiger partial charge >= 0.3 is 0 Å². The van der Waals surface area contributed by atoms with Crippen molar-refractivity contribution in [2.75, 3.05) is 12.9 Å². The van der Waals surface area contributed by atoms with Crippen molar-refractivity contribution in [1.29, 1.82) is 0 Å². The lowest BCUT2D eigenvalue weighted by atomic mass is 9.99. The lowest BCUT2D eigenvalue weighted by molar-refractivity contribution is -0.245. The summed E-state index contributed by atoms with van der Waals surface area (Å²) >= 11 is 1.72. The zero-order valence-corrected chi connectivity index (χ0v) is 24.1. The van der Waals surface area contributed by atoms with Crippen LogP contribution in [-0.2, 0) is 27.4 Å². The molecule has 1 saturated heterocycles. The molecule has 5 rings (SSSR count). The Morgan fingerprint density at radius 3 is 2.39 bits per heavy atom. The quantitative estimate of drug-likeness (QED) is 0.204. The van der Waals surface area contributed by atoms with Gasteiger partial charge in [-0.1, -0.05) is 78.9 Å². The Labute approximate surface area is 245 Å². The van der Waals surface area contributed by atoms with Crippen LogP contribution >= 0.6 is 11.8 Å². The third kappa shape index (κ3) is 7.57. The van der Waals surface area contributed by atoms with E-state index < -0.39 is 6.29 Å². The van der Waals surface area contributed by atoms with Crippen LogP contribution < -0.4 is 10.1 Å². The van der Waals surface area contributed by atoms with E-state index in [1.165, 1.54) is 6.92 Å². The topological polar surface area (TPSA) is 77.0 Å². The van der Waals surface area contributed by atoms with E-state index in [0.29, 0.717) is 6.54 Å². The summed E-state index contributed by atoms with van der Waals surface area (Å²) in [7, 11) is 1.69. The molecule has 1 aliphatic heterocycles. The first-order valence-corrected chi connectivity index (χ1v) is 14.7. The third-order valence-corrected chi connectivity index (χ3v) is 8.28. The highest BCUT2D eigenvalue weighted by atomic mass is 32.2. The summed E-state index contributed by atoms with van der Waals surface area (Å²) in [6, 6.07) is 32.4. The second-order valence-corrected chi connectivity index (χ2v) is 11.1. The van der Waals surface area contributed by atoms with Crippen LogP contribution in [0.1, 0.15) is 48.0 Å². The van der Waals surface area contributed by atoms with Crippen LogP contribution in [0.2, 0.25) is 0 Å². The molecule has 1 heterocycles. The van der Waals surface area contributed by atoms with Crippen molar-refractivity contribution in [3.05, 3.63) is 119 Å². The fraction of sp³-hybridized carbons (Fsp3) is 0.265. The summed E-state index contributed by atoms with van der Waals surface area (Å²) < 4.78 is 18.6. The second-order valence-electron chi connectivity index (χ2n) is 10.0. The minimum absolute atomic E-state index is 0.0121. The van der Waals surface area contributed by atoms with Crippen LogP contribution in [0.5, 0.6) is 5.75 Å². The van der Waals surface area contributed by atoms with Gasteiger partial charge in [-0.15, -0.1) is 11.8 Å². The molecule has 212 valence electrons. The molecule has 0 aromatic heterocycles. The van der Waals surface area contributed by atoms with Gasteiger partial charge in [0.25, 0.3) is 0 Å². The number of hydrogen-bond acceptors (Lipinski definition) is 6. The zero-order chi connectivity index (χ0) is 28.6. The summed E-state index contributed by atoms with van der Waals surface area (Å²) in [6.07, 6.45) is 0.0110. The molecule has 0 radical (unpaired) electrons. The Morgan fingerprint density at radius 1 is 0.902 bits per heavy atom. The average Bonchev–Trinajstić information content (AvgIpc) is 3.03. The number of ether oxygens (including phenoxy) is 3. The Balaban J connectivity index is 1.34. The minimum Gasteiger partial charge on any atom is -0.496 e. The highest BCUT2D eigenvalue weighted by Crippen LogP contribution is 2.40. The number of methoxy groups -OCH3 is 1. The first-order valence-electron chi connectivity index (χ1n) is 13.7. The van der Waals surface area contributed by atoms with Gasteiger partial charge in [-0.25, -0.2) is 0 Å². The SMILES string of the molecule is COc1ccccc1SC[C@@H]1C[C@H](c2ccc(CO)cc2)O[C@H](c2ccc(-c3cccc(CNC(C)=O)c3)cc2)O1. The van der Waals surface area contributed by atoms with Gasteiger partial charge < -0.3 is 24.6 Å². The second kappa shape index (κ2) is 13.8. The molecule has 2 N–H and O–H groups in total. The molecule has 6 nitrogen and oxygen atoms in total. The van der Waals surface area contributed by atoms with Crippen molar-refractivity contribution >= 4 is 17.7 Å². The van der Waals surface area contributed by atoms with Crippen LogP contribution in [0.25, 0.3) is 11.1 Å². The van der Waals surface area contributed by atoms with E-state index in [-0.39, 0.29) is 24.7 Å². The lowest BCUT2D eigenvalue weighted by Crippen LogP contribution is -2.31. The number of carbonyl (C=O) groups is 1. The first kappa shape index (κ1) is 28.9. The van der Waals surface area contributed by atoms with Crippen LogP contribution in [0.15, 0.2) is 102 Å². The van der Waals surface area contributed by atoms with Gasteiger partial charge in [-0.05, 0) is 46.0 Å². The molecule has 41 heavy (non-hydrogen) atoms. The molecule has 1 amide bonds. The van der Waals surface area contributed by atoms with Gasteiger partial charge in [0.1, 0.15) is 5.75 Å². The summed E-state index contributed by atoms with van der Waals surface area (Å²) in [5.41, 5.74) is 6.09. The number of thioether (sulfide) groups is 1. The van der Waals surface area contributed by atoms with E-state index in [1.54, 1.807) is 18.9 Å². The fourth-order valence-electron chi connectivity index (χ4n) is 4.86. The van der Waals surface area contributed by atoms with Gasteiger partial charge in [0.15, 0.2) is 6.29 Å². The van der Waals surface area contributed by atoms with E-state index in [1.807, 2.05) is 54.6 Å². The van der Waals surface area contributed by atoms with Crippen molar-refractivity contribution in [1.82, 2.24) is 5.32 Å². The Bertz CT molecular complexity index is 1440. The summed E-state index contributed by atoms with van der Waals surface area (Å²) in [5.74, 6) is 1.56. The number of hydrogen-bond donors (Lipinski definition) is 2. The van der Waals surface area contributed by atoms with Crippen LogP contribution in [0.4, 0.5) is 0 Å². The highest BCUT2D eigenvalue weighted by Gasteiger charge is 2.32. The number of aliphatic hydroxyl groups excluding tert-OH is 1. The predicted molar refractivity (Wildman–Crippen MR) is 162 cm³/mol. The van der Waals surface area contributed by atoms with E-state index in [2.05, 4.69) is 47.8 Å². The van der Waals surface area contributed by atoms with Gasteiger partial charge in [0, 0.05) is 36.1 Å². The van der Waals surface area contributed by atoms with E-state index >= 15 is 0 Å². The van der Waals surface area contributed by atoms with Gasteiger partial charge in [0.2, 0.25) is 5.91 Å². The van der Waals surface area contributed by atoms with Crippen molar-refractivity contribution in [3.8, 4) is 16.9 Å². The summed E-state index contributed by atoms with van der Waals surface area (Å²) in [4.78, 5) is 12.4. The molecule has 4 aromatic rings. The molecule has 4 aromatic carbocycles. The van der Waals surface area contributed by atoms with Crippen LogP contribution in [0.3, 0.4) is 0 Å². The van der Waals surface area contributed by atoms with Crippen molar-refractivity contribution in [3.63, 3.8) is 0 Å². The zero-order valence-electron chi connectivity index (χ0n) is 23.3. The molecular weight excluding hydrogens is 534 g/mol. The number of benzene rings is 4. The number of nitrogens with one attached hydrogen (secondary N) is 1. The van der Waals surface area contributed by atoms with Gasteiger partial charge in [-0.3, -0.25) is 4.79 Å². The third-order valence-electron chi connectivity index (χ3n) is 7.09. The maximum absolute atomic E-state index is 11.3. The number of amides is 1. The maximum atomic E-state index is 11.3. The molecular formula is C34H35NO5S. The molecule has 3 atom stereocenters. The molecule has 1 fully saturated rings. The van der Waals surface area contributed by atoms with Crippen molar-refractivity contribution < 1.29 is 24.1 Å². The Kier molecular flexibility index (Phi) is 9.75. The average molecular weight is 570 g/mol. The molecule has 1 aliphatic rings. The van der Waals surface area contributed by atoms with Gasteiger partial charge in [0.05, 0.1) is 25.9 Å². The Hall–Kier alpha value is -3.62. The smallest absolute Gasteiger partial charge is 0.217 e. The molecule has 0 bridgehead atoms. The molecule has 0 aliphatic carbocycles. The Morgan fingerprint density at radius 2 is 1.66 bits per heavy atom. The summed E-state index contributed by atoms with van der Waals surface area (Å²) in [5, 5.41) is 12.3. The fourth-order valence-corrected chi connectivity index (χ4v) is 5.91. The van der Waals surface area contributed by atoms with Crippen LogP contribution in [-0.4, -0.2) is 30.0 Å². The number of aliphatic hydroxyl groups is 1. The lowest BCUT2D eigenvalue weighted by Gasteiger charge is -2.36. The highest BCUT2D eigenvalue weighted by molar-refractivity contribution is 7.99. The molecule has 7 heteroatoms. The standard InChI is InChI=1S/C34H35NO5S/c1-23(37)35-20-25-6-5-7-29(18-25)26-14-16-28(17-15-26)34-39-30(22-41-33-9-4-3-8-31(33)38-2)19-32(40-34)27-12-10-24(21-36)11-13-27/h3-18,30,32,34,36H,19-22H2,1-2H3,(H,35,37)/t30-,32+,34+/m0/s1. The first-order chi connectivity index (χ1) is 20.0. The largest absolute Gasteiger partial charge is 0.496 e.